The van der Waals surface area contributed by atoms with Gasteiger partial charge in [0, 0.05) is 27.7 Å². The van der Waals surface area contributed by atoms with Crippen LogP contribution in [-0.4, -0.2) is 0 Å². The highest BCUT2D eigenvalue weighted by molar-refractivity contribution is 6.13. The van der Waals surface area contributed by atoms with Gasteiger partial charge in [-0.25, -0.2) is 0 Å². The van der Waals surface area contributed by atoms with Crippen LogP contribution in [0.3, 0.4) is 0 Å². The second-order valence-electron chi connectivity index (χ2n) is 13.7. The summed E-state index contributed by atoms with van der Waals surface area (Å²) < 4.78 is 0. The van der Waals surface area contributed by atoms with Crippen molar-refractivity contribution >= 4 is 27.8 Å². The third-order valence-corrected chi connectivity index (χ3v) is 10.4. The molecule has 0 fully saturated rings. The molecule has 0 N–H and O–H groups in total. The van der Waals surface area contributed by atoms with Gasteiger partial charge in [-0.15, -0.1) is 0 Å². The van der Waals surface area contributed by atoms with Crippen molar-refractivity contribution in [3.05, 3.63) is 199 Å². The molecule has 50 heavy (non-hydrogen) atoms. The van der Waals surface area contributed by atoms with Crippen molar-refractivity contribution in [3.8, 4) is 44.5 Å². The molecule has 0 bridgehead atoms. The van der Waals surface area contributed by atoms with E-state index in [1.807, 2.05) is 0 Å². The molecule has 0 amide bonds. The van der Waals surface area contributed by atoms with E-state index in [1.165, 1.54) is 72.1 Å². The molecule has 8 aromatic carbocycles. The molecule has 0 unspecified atom stereocenters. The Kier molecular flexibility index (Phi) is 7.21. The zero-order chi connectivity index (χ0) is 33.7. The smallest absolute Gasteiger partial charge is 0.0619 e. The lowest BCUT2D eigenvalue weighted by Gasteiger charge is -2.31. The van der Waals surface area contributed by atoms with Crippen LogP contribution in [0, 0.1) is 0 Å². The molecule has 0 saturated carbocycles. The first kappa shape index (κ1) is 29.9. The lowest BCUT2D eigenvalue weighted by Crippen LogP contribution is -2.15. The largest absolute Gasteiger partial charge is 0.309 e. The fraction of sp³-hybridized carbons (Fsp3) is 0.0612. The SMILES string of the molecule is CC1(C)c2ccccc2-c2c(-c3cc(-c4ccccc4)c4ccccc4c3N(c3ccccc3)c3cccc(-c4ccccc4)c3)cccc21. The van der Waals surface area contributed by atoms with E-state index in [0.29, 0.717) is 0 Å². The van der Waals surface area contributed by atoms with Crippen LogP contribution >= 0.6 is 0 Å². The molecule has 8 aromatic rings. The van der Waals surface area contributed by atoms with Crippen LogP contribution in [0.1, 0.15) is 25.0 Å². The van der Waals surface area contributed by atoms with Gasteiger partial charge in [0.05, 0.1) is 5.69 Å². The van der Waals surface area contributed by atoms with Crippen LogP contribution in [0.5, 0.6) is 0 Å². The van der Waals surface area contributed by atoms with E-state index in [1.54, 1.807) is 0 Å². The normalized spacial score (nSPS) is 12.8. The van der Waals surface area contributed by atoms with Gasteiger partial charge in [-0.3, -0.25) is 0 Å². The minimum Gasteiger partial charge on any atom is -0.309 e. The molecule has 0 aromatic heterocycles. The Morgan fingerprint density at radius 1 is 0.360 bits per heavy atom. The van der Waals surface area contributed by atoms with Crippen molar-refractivity contribution < 1.29 is 0 Å². The fourth-order valence-electron chi connectivity index (χ4n) is 8.08. The summed E-state index contributed by atoms with van der Waals surface area (Å²) in [5.41, 5.74) is 16.0. The van der Waals surface area contributed by atoms with Crippen molar-refractivity contribution in [2.45, 2.75) is 19.3 Å². The third kappa shape index (κ3) is 4.85. The Morgan fingerprint density at radius 2 is 0.900 bits per heavy atom. The lowest BCUT2D eigenvalue weighted by molar-refractivity contribution is 0.660. The molecular formula is C49H37N. The molecule has 1 aliphatic rings. The molecule has 0 radical (unpaired) electrons. The Morgan fingerprint density at radius 3 is 1.66 bits per heavy atom. The van der Waals surface area contributed by atoms with E-state index in [0.717, 1.165) is 11.4 Å². The Labute approximate surface area is 294 Å². The molecule has 0 atom stereocenters. The summed E-state index contributed by atoms with van der Waals surface area (Å²) in [7, 11) is 0. The first-order chi connectivity index (χ1) is 24.6. The van der Waals surface area contributed by atoms with Gasteiger partial charge in [-0.1, -0.05) is 172 Å². The third-order valence-electron chi connectivity index (χ3n) is 10.4. The zero-order valence-corrected chi connectivity index (χ0v) is 28.3. The predicted molar refractivity (Wildman–Crippen MR) is 213 cm³/mol. The molecule has 1 nitrogen and oxygen atoms in total. The maximum Gasteiger partial charge on any atom is 0.0619 e. The summed E-state index contributed by atoms with van der Waals surface area (Å²) in [6.07, 6.45) is 0. The summed E-state index contributed by atoms with van der Waals surface area (Å²) in [6.45, 7) is 4.73. The molecule has 9 rings (SSSR count). The highest BCUT2D eigenvalue weighted by Crippen LogP contribution is 2.55. The quantitative estimate of drug-likeness (QED) is 0.175. The minimum absolute atomic E-state index is 0.107. The molecular weight excluding hydrogens is 603 g/mol. The Balaban J connectivity index is 1.42. The number of hydrogen-bond acceptors (Lipinski definition) is 1. The Bertz CT molecular complexity index is 2490. The summed E-state index contributed by atoms with van der Waals surface area (Å²) in [5, 5.41) is 2.44. The maximum absolute atomic E-state index is 2.48. The highest BCUT2D eigenvalue weighted by atomic mass is 15.1. The van der Waals surface area contributed by atoms with Gasteiger partial charge in [0.25, 0.3) is 0 Å². The minimum atomic E-state index is -0.107. The van der Waals surface area contributed by atoms with E-state index in [4.69, 9.17) is 0 Å². The van der Waals surface area contributed by atoms with Gasteiger partial charge in [0.1, 0.15) is 0 Å². The van der Waals surface area contributed by atoms with Crippen molar-refractivity contribution in [2.75, 3.05) is 4.90 Å². The molecule has 0 spiro atoms. The number of nitrogens with zero attached hydrogens (tertiary/aromatic N) is 1. The summed E-state index contributed by atoms with van der Waals surface area (Å²) >= 11 is 0. The predicted octanol–water partition coefficient (Wildman–Crippen LogP) is 13.6. The van der Waals surface area contributed by atoms with E-state index in [2.05, 4.69) is 207 Å². The van der Waals surface area contributed by atoms with Gasteiger partial charge in [0.15, 0.2) is 0 Å². The average molecular weight is 640 g/mol. The first-order valence-electron chi connectivity index (χ1n) is 17.5. The molecule has 1 heteroatoms. The van der Waals surface area contributed by atoms with Gasteiger partial charge in [0.2, 0.25) is 0 Å². The van der Waals surface area contributed by atoms with Gasteiger partial charge >= 0.3 is 0 Å². The number of benzene rings is 8. The number of para-hydroxylation sites is 1. The van der Waals surface area contributed by atoms with Gasteiger partial charge in [-0.05, 0) is 85.8 Å². The lowest BCUT2D eigenvalue weighted by atomic mass is 9.81. The molecule has 0 aliphatic heterocycles. The van der Waals surface area contributed by atoms with Crippen LogP contribution in [0.2, 0.25) is 0 Å². The van der Waals surface area contributed by atoms with Gasteiger partial charge in [-0.2, -0.15) is 0 Å². The standard InChI is InChI=1S/C49H37N/c1-49(2)45-30-15-14-28-42(45)47-40(29-17-31-46(47)49)44-33-43(35-20-8-4-9-21-35)39-26-12-13-27-41(39)48(44)50(37-23-10-5-11-24-37)38-25-16-22-36(32-38)34-18-6-3-7-19-34/h3-33H,1-2H3. The van der Waals surface area contributed by atoms with Crippen LogP contribution < -0.4 is 4.90 Å². The summed E-state index contributed by atoms with van der Waals surface area (Å²) in [6, 6.07) is 68.6. The molecule has 0 saturated heterocycles. The second kappa shape index (κ2) is 12.1. The van der Waals surface area contributed by atoms with Crippen LogP contribution in [-0.2, 0) is 5.41 Å². The van der Waals surface area contributed by atoms with Crippen LogP contribution in [0.4, 0.5) is 17.1 Å². The number of anilines is 3. The van der Waals surface area contributed by atoms with E-state index < -0.39 is 0 Å². The molecule has 238 valence electrons. The van der Waals surface area contributed by atoms with Gasteiger partial charge < -0.3 is 4.90 Å². The van der Waals surface area contributed by atoms with Crippen molar-refractivity contribution in [1.29, 1.82) is 0 Å². The zero-order valence-electron chi connectivity index (χ0n) is 28.3. The van der Waals surface area contributed by atoms with Crippen molar-refractivity contribution in [3.63, 3.8) is 0 Å². The van der Waals surface area contributed by atoms with Crippen molar-refractivity contribution in [2.24, 2.45) is 0 Å². The molecule has 1 aliphatic carbocycles. The number of hydrogen-bond donors (Lipinski definition) is 0. The van der Waals surface area contributed by atoms with E-state index in [9.17, 15) is 0 Å². The summed E-state index contributed by atoms with van der Waals surface area (Å²) in [4.78, 5) is 2.48. The van der Waals surface area contributed by atoms with Crippen molar-refractivity contribution in [1.82, 2.24) is 0 Å². The molecule has 0 heterocycles. The second-order valence-corrected chi connectivity index (χ2v) is 13.7. The van der Waals surface area contributed by atoms with Crippen LogP contribution in [0.15, 0.2) is 188 Å². The average Bonchev–Trinajstić information content (AvgIpc) is 3.42. The van der Waals surface area contributed by atoms with Crippen LogP contribution in [0.25, 0.3) is 55.3 Å². The Hall–Kier alpha value is -6.18. The van der Waals surface area contributed by atoms with E-state index >= 15 is 0 Å². The van der Waals surface area contributed by atoms with E-state index in [-0.39, 0.29) is 5.41 Å². The topological polar surface area (TPSA) is 3.24 Å². The first-order valence-corrected chi connectivity index (χ1v) is 17.5. The fourth-order valence-corrected chi connectivity index (χ4v) is 8.08. The number of rotatable bonds is 6. The monoisotopic (exact) mass is 639 g/mol. The number of fused-ring (bicyclic) bond motifs is 4. The maximum atomic E-state index is 2.48. The highest BCUT2D eigenvalue weighted by Gasteiger charge is 2.37. The summed E-state index contributed by atoms with van der Waals surface area (Å²) in [5.74, 6) is 0.